The summed E-state index contributed by atoms with van der Waals surface area (Å²) in [6.45, 7) is 0. The predicted octanol–water partition coefficient (Wildman–Crippen LogP) is 0.856. The van der Waals surface area contributed by atoms with Crippen LogP contribution < -0.4 is 5.68 Å². The SMILES string of the molecule is N=c1onc(C(=O)c2ccccc2)n1/C=C\C=O. The maximum atomic E-state index is 12.1. The van der Waals surface area contributed by atoms with Gasteiger partial charge in [0.15, 0.2) is 0 Å². The van der Waals surface area contributed by atoms with E-state index in [2.05, 4.69) is 9.68 Å². The molecule has 0 saturated carbocycles. The van der Waals surface area contributed by atoms with Gasteiger partial charge in [-0.25, -0.2) is 9.98 Å². The van der Waals surface area contributed by atoms with Crippen LogP contribution in [0.25, 0.3) is 6.20 Å². The molecular formula is C12H9N3O3. The van der Waals surface area contributed by atoms with Crippen molar-refractivity contribution in [1.82, 2.24) is 9.72 Å². The Morgan fingerprint density at radius 2 is 2.06 bits per heavy atom. The number of ketones is 1. The van der Waals surface area contributed by atoms with Crippen LogP contribution in [-0.2, 0) is 4.79 Å². The Balaban J connectivity index is 2.46. The zero-order chi connectivity index (χ0) is 13.0. The van der Waals surface area contributed by atoms with Gasteiger partial charge in [-0.3, -0.25) is 9.59 Å². The molecule has 1 aromatic carbocycles. The van der Waals surface area contributed by atoms with Gasteiger partial charge in [-0.2, -0.15) is 0 Å². The molecule has 0 aliphatic heterocycles. The predicted molar refractivity (Wildman–Crippen MR) is 61.6 cm³/mol. The number of allylic oxidation sites excluding steroid dienone is 1. The van der Waals surface area contributed by atoms with E-state index in [-0.39, 0.29) is 17.3 Å². The zero-order valence-corrected chi connectivity index (χ0v) is 9.24. The Hall–Kier alpha value is -2.76. The molecule has 0 aliphatic rings. The average Bonchev–Trinajstić information content (AvgIpc) is 2.78. The lowest BCUT2D eigenvalue weighted by atomic mass is 10.1. The molecule has 0 amide bonds. The van der Waals surface area contributed by atoms with Crippen molar-refractivity contribution < 1.29 is 14.1 Å². The number of hydrogen-bond donors (Lipinski definition) is 1. The summed E-state index contributed by atoms with van der Waals surface area (Å²) in [6.07, 6.45) is 2.94. The second kappa shape index (κ2) is 5.05. The smallest absolute Gasteiger partial charge is 0.315 e. The number of aldehydes is 1. The van der Waals surface area contributed by atoms with E-state index in [9.17, 15) is 9.59 Å². The Kier molecular flexibility index (Phi) is 3.29. The minimum atomic E-state index is -0.381. The van der Waals surface area contributed by atoms with E-state index in [0.717, 1.165) is 10.6 Å². The van der Waals surface area contributed by atoms with Gasteiger partial charge >= 0.3 is 5.68 Å². The number of aromatic nitrogens is 2. The largest absolute Gasteiger partial charge is 0.324 e. The summed E-state index contributed by atoms with van der Waals surface area (Å²) < 4.78 is 5.73. The molecular weight excluding hydrogens is 234 g/mol. The highest BCUT2D eigenvalue weighted by Gasteiger charge is 2.17. The monoisotopic (exact) mass is 243 g/mol. The van der Waals surface area contributed by atoms with Crippen molar-refractivity contribution in [2.75, 3.05) is 0 Å². The molecule has 1 N–H and O–H groups in total. The summed E-state index contributed by atoms with van der Waals surface area (Å²) in [7, 11) is 0. The third kappa shape index (κ3) is 2.17. The molecule has 90 valence electrons. The molecule has 0 radical (unpaired) electrons. The molecule has 6 nitrogen and oxygen atoms in total. The Labute approximate surface area is 102 Å². The molecule has 0 unspecified atom stereocenters. The van der Waals surface area contributed by atoms with Crippen molar-refractivity contribution in [2.24, 2.45) is 0 Å². The Morgan fingerprint density at radius 1 is 1.33 bits per heavy atom. The average molecular weight is 243 g/mol. The van der Waals surface area contributed by atoms with E-state index in [0.29, 0.717) is 11.8 Å². The van der Waals surface area contributed by atoms with Gasteiger partial charge in [0, 0.05) is 11.8 Å². The first kappa shape index (κ1) is 11.7. The van der Waals surface area contributed by atoms with E-state index in [1.165, 1.54) is 6.20 Å². The molecule has 1 aromatic heterocycles. The standard InChI is InChI=1S/C12H9N3O3/c13-12-15(7-4-8-16)11(14-18-12)10(17)9-5-2-1-3-6-9/h1-8,13H/b7-4-,13-12?. The van der Waals surface area contributed by atoms with E-state index in [1.807, 2.05) is 0 Å². The maximum Gasteiger partial charge on any atom is 0.324 e. The van der Waals surface area contributed by atoms with Gasteiger partial charge in [0.1, 0.15) is 6.29 Å². The van der Waals surface area contributed by atoms with Gasteiger partial charge in [0.05, 0.1) is 0 Å². The second-order valence-electron chi connectivity index (χ2n) is 3.35. The van der Waals surface area contributed by atoms with Gasteiger partial charge in [-0.1, -0.05) is 35.5 Å². The maximum absolute atomic E-state index is 12.1. The fourth-order valence-electron chi connectivity index (χ4n) is 1.40. The molecule has 2 rings (SSSR count). The summed E-state index contributed by atoms with van der Waals surface area (Å²) in [6, 6.07) is 8.50. The van der Waals surface area contributed by atoms with Gasteiger partial charge in [-0.05, 0) is 6.08 Å². The number of rotatable bonds is 4. The topological polar surface area (TPSA) is 88.9 Å². The van der Waals surface area contributed by atoms with Crippen LogP contribution in [0.4, 0.5) is 0 Å². The molecule has 0 spiro atoms. The number of hydrogen-bond acceptors (Lipinski definition) is 5. The van der Waals surface area contributed by atoms with Crippen molar-refractivity contribution >= 4 is 18.3 Å². The summed E-state index contributed by atoms with van der Waals surface area (Å²) in [5.74, 6) is -0.433. The van der Waals surface area contributed by atoms with Crippen molar-refractivity contribution in [3.8, 4) is 0 Å². The summed E-state index contributed by atoms with van der Waals surface area (Å²) in [5, 5.41) is 11.0. The van der Waals surface area contributed by atoms with Crippen LogP contribution in [0.5, 0.6) is 0 Å². The highest BCUT2D eigenvalue weighted by molar-refractivity contribution is 6.06. The summed E-state index contributed by atoms with van der Waals surface area (Å²) in [4.78, 5) is 22.4. The van der Waals surface area contributed by atoms with Crippen molar-refractivity contribution in [1.29, 1.82) is 5.41 Å². The summed E-state index contributed by atoms with van der Waals surface area (Å²) >= 11 is 0. The fraction of sp³-hybridized carbons (Fsp3) is 0. The highest BCUT2D eigenvalue weighted by Crippen LogP contribution is 2.06. The first-order valence-electron chi connectivity index (χ1n) is 5.08. The van der Waals surface area contributed by atoms with Crippen LogP contribution in [0, 0.1) is 5.41 Å². The normalized spacial score (nSPS) is 10.7. The molecule has 2 aromatic rings. The number of benzene rings is 1. The van der Waals surface area contributed by atoms with Gasteiger partial charge in [0.25, 0.3) is 0 Å². The van der Waals surface area contributed by atoms with E-state index in [4.69, 9.17) is 5.41 Å². The van der Waals surface area contributed by atoms with Gasteiger partial charge in [-0.15, -0.1) is 0 Å². The third-order valence-electron chi connectivity index (χ3n) is 2.22. The van der Waals surface area contributed by atoms with Crippen LogP contribution in [0.3, 0.4) is 0 Å². The number of carbonyl (C=O) groups excluding carboxylic acids is 2. The van der Waals surface area contributed by atoms with E-state index >= 15 is 0 Å². The minimum absolute atomic E-state index is 0.0516. The molecule has 0 aliphatic carbocycles. The molecule has 6 heteroatoms. The van der Waals surface area contributed by atoms with Gasteiger partial charge in [0.2, 0.25) is 11.6 Å². The van der Waals surface area contributed by atoms with Crippen LogP contribution >= 0.6 is 0 Å². The lowest BCUT2D eigenvalue weighted by Gasteiger charge is -1.98. The molecule has 0 atom stereocenters. The third-order valence-corrected chi connectivity index (χ3v) is 2.22. The molecule has 0 bridgehead atoms. The van der Waals surface area contributed by atoms with Gasteiger partial charge < -0.3 is 4.52 Å². The molecule has 18 heavy (non-hydrogen) atoms. The van der Waals surface area contributed by atoms with Crippen LogP contribution in [-0.4, -0.2) is 21.8 Å². The summed E-state index contributed by atoms with van der Waals surface area (Å²) in [5.41, 5.74) is 0.103. The Morgan fingerprint density at radius 3 is 2.72 bits per heavy atom. The van der Waals surface area contributed by atoms with Crippen molar-refractivity contribution in [3.63, 3.8) is 0 Å². The fourth-order valence-corrected chi connectivity index (χ4v) is 1.40. The minimum Gasteiger partial charge on any atom is -0.315 e. The van der Waals surface area contributed by atoms with Crippen LogP contribution in [0.2, 0.25) is 0 Å². The quantitative estimate of drug-likeness (QED) is 0.490. The molecule has 0 fully saturated rings. The highest BCUT2D eigenvalue weighted by atomic mass is 16.5. The zero-order valence-electron chi connectivity index (χ0n) is 9.24. The lowest BCUT2D eigenvalue weighted by molar-refractivity contribution is -0.104. The second-order valence-corrected chi connectivity index (χ2v) is 3.35. The first-order valence-corrected chi connectivity index (χ1v) is 5.08. The van der Waals surface area contributed by atoms with Crippen LogP contribution in [0.1, 0.15) is 16.2 Å². The first-order chi connectivity index (χ1) is 8.74. The number of nitrogens with one attached hydrogen (secondary N) is 1. The Bertz CT molecular complexity index is 653. The van der Waals surface area contributed by atoms with Crippen molar-refractivity contribution in [2.45, 2.75) is 0 Å². The van der Waals surface area contributed by atoms with Crippen LogP contribution in [0.15, 0.2) is 40.9 Å². The number of carbonyl (C=O) groups is 2. The van der Waals surface area contributed by atoms with E-state index < -0.39 is 0 Å². The molecule has 1 heterocycles. The van der Waals surface area contributed by atoms with Crippen molar-refractivity contribution in [3.05, 3.63) is 53.5 Å². The molecule has 0 saturated heterocycles. The lowest BCUT2D eigenvalue weighted by Crippen LogP contribution is -2.15. The number of nitrogens with zero attached hydrogens (tertiary/aromatic N) is 2. The van der Waals surface area contributed by atoms with E-state index in [1.54, 1.807) is 30.3 Å².